The van der Waals surface area contributed by atoms with Crippen molar-refractivity contribution in [3.63, 3.8) is 0 Å². The van der Waals surface area contributed by atoms with Gasteiger partial charge in [0.1, 0.15) is 17.2 Å². The Morgan fingerprint density at radius 3 is 1.57 bits per heavy atom. The van der Waals surface area contributed by atoms with E-state index in [4.69, 9.17) is 14.2 Å². The number of hydrogen-bond donors (Lipinski definition) is 0. The zero-order valence-corrected chi connectivity index (χ0v) is 30.3. The van der Waals surface area contributed by atoms with Crippen molar-refractivity contribution in [2.45, 2.75) is 27.7 Å². The molecule has 0 radical (unpaired) electrons. The number of esters is 2. The normalized spacial score (nSPS) is 11.4. The van der Waals surface area contributed by atoms with E-state index >= 15 is 0 Å². The average molecular weight is 717 g/mol. The summed E-state index contributed by atoms with van der Waals surface area (Å²) < 4.78 is 16.3. The van der Waals surface area contributed by atoms with Crippen LogP contribution in [0.2, 0.25) is 0 Å². The fourth-order valence-corrected chi connectivity index (χ4v) is 5.17. The molecule has 0 fully saturated rings. The summed E-state index contributed by atoms with van der Waals surface area (Å²) >= 11 is 0. The lowest BCUT2D eigenvalue weighted by molar-refractivity contribution is 0.0724. The number of ether oxygens (including phenoxy) is 3. The highest BCUT2D eigenvalue weighted by molar-refractivity contribution is 5.92. The fourth-order valence-electron chi connectivity index (χ4n) is 5.17. The molecule has 0 bridgehead atoms. The van der Waals surface area contributed by atoms with Crippen LogP contribution in [0.1, 0.15) is 43.0 Å². The second-order valence-electron chi connectivity index (χ2n) is 12.3. The minimum Gasteiger partial charge on any atom is -0.497 e. The summed E-state index contributed by atoms with van der Waals surface area (Å²) in [5.74, 6) is 0.583. The summed E-state index contributed by atoms with van der Waals surface area (Å²) in [4.78, 5) is 25.1. The molecule has 6 aromatic rings. The van der Waals surface area contributed by atoms with Crippen molar-refractivity contribution in [3.8, 4) is 17.2 Å². The van der Waals surface area contributed by atoms with Gasteiger partial charge >= 0.3 is 11.9 Å². The van der Waals surface area contributed by atoms with Crippen LogP contribution in [0.4, 0.5) is 34.1 Å². The summed E-state index contributed by atoms with van der Waals surface area (Å²) in [5, 5.41) is 26.6. The van der Waals surface area contributed by atoms with Crippen LogP contribution in [0.5, 0.6) is 17.2 Å². The van der Waals surface area contributed by atoms with E-state index in [1.807, 2.05) is 45.9 Å². The van der Waals surface area contributed by atoms with Crippen LogP contribution >= 0.6 is 0 Å². The molecule has 0 aliphatic rings. The Kier molecular flexibility index (Phi) is 11.5. The molecule has 0 aromatic heterocycles. The van der Waals surface area contributed by atoms with E-state index in [2.05, 4.69) is 30.7 Å². The van der Waals surface area contributed by atoms with Crippen LogP contribution in [0.3, 0.4) is 0 Å². The van der Waals surface area contributed by atoms with Gasteiger partial charge in [-0.05, 0) is 148 Å². The largest absolute Gasteiger partial charge is 0.497 e. The van der Waals surface area contributed by atoms with Crippen LogP contribution < -0.4 is 14.2 Å². The smallest absolute Gasteiger partial charge is 0.343 e. The number of carbonyl (C=O) groups excluding carboxylic acids is 2. The quantitative estimate of drug-likeness (QED) is 0.0746. The molecule has 6 aromatic carbocycles. The Balaban J connectivity index is 1.07. The molecule has 0 aliphatic carbocycles. The van der Waals surface area contributed by atoms with Crippen molar-refractivity contribution in [1.29, 1.82) is 0 Å². The zero-order chi connectivity index (χ0) is 38.0. The highest BCUT2D eigenvalue weighted by atomic mass is 16.5. The summed E-state index contributed by atoms with van der Waals surface area (Å²) in [6, 6.07) is 37.1. The van der Waals surface area contributed by atoms with Crippen LogP contribution in [-0.4, -0.2) is 19.0 Å². The lowest BCUT2D eigenvalue weighted by Crippen LogP contribution is -2.09. The van der Waals surface area contributed by atoms with Gasteiger partial charge in [0.05, 0.1) is 52.4 Å². The molecule has 6 rings (SSSR count). The van der Waals surface area contributed by atoms with Gasteiger partial charge in [0.15, 0.2) is 0 Å². The predicted molar refractivity (Wildman–Crippen MR) is 207 cm³/mol. The maximum atomic E-state index is 12.7. The predicted octanol–water partition coefficient (Wildman–Crippen LogP) is 12.6. The number of hydrogen-bond acceptors (Lipinski definition) is 11. The number of methoxy groups -OCH3 is 1. The third-order valence-electron chi connectivity index (χ3n) is 8.35. The summed E-state index contributed by atoms with van der Waals surface area (Å²) in [6.07, 6.45) is 0. The minimum absolute atomic E-state index is 0.398. The maximum Gasteiger partial charge on any atom is 0.343 e. The Labute approximate surface area is 312 Å². The molecule has 11 nitrogen and oxygen atoms in total. The summed E-state index contributed by atoms with van der Waals surface area (Å²) in [5.41, 5.74) is 8.06. The molecule has 11 heteroatoms. The standard InChI is InChI=1S/C43H36N6O5/c1-27-24-36(53-42(50)31-10-7-6-8-11-31)22-23-37(27)46-49-40-26-28(2)39(25-29(40)3)48-45-34-18-16-33(17-19-34)44-47-38-12-9-13-41(30(38)4)54-43(51)32-14-20-35(52-5)21-15-32/h6-26H,1-5H3. The molecule has 0 spiro atoms. The van der Waals surface area contributed by atoms with Gasteiger partial charge in [-0.25, -0.2) is 9.59 Å². The van der Waals surface area contributed by atoms with E-state index in [0.29, 0.717) is 68.1 Å². The highest BCUT2D eigenvalue weighted by Crippen LogP contribution is 2.34. The van der Waals surface area contributed by atoms with Gasteiger partial charge in [-0.15, -0.1) is 0 Å². The van der Waals surface area contributed by atoms with Crippen LogP contribution in [-0.2, 0) is 0 Å². The number of rotatable bonds is 11. The molecule has 0 saturated heterocycles. The molecular formula is C43H36N6O5. The molecule has 0 heterocycles. The molecule has 0 saturated carbocycles. The van der Waals surface area contributed by atoms with Gasteiger partial charge < -0.3 is 14.2 Å². The number of azo groups is 3. The van der Waals surface area contributed by atoms with E-state index < -0.39 is 11.9 Å². The van der Waals surface area contributed by atoms with Crippen LogP contribution in [0, 0.1) is 27.7 Å². The zero-order valence-electron chi connectivity index (χ0n) is 30.3. The topological polar surface area (TPSA) is 136 Å². The number of aryl methyl sites for hydroxylation is 3. The van der Waals surface area contributed by atoms with Crippen molar-refractivity contribution >= 4 is 46.1 Å². The maximum absolute atomic E-state index is 12.7. The molecule has 0 atom stereocenters. The first-order chi connectivity index (χ1) is 26.2. The Morgan fingerprint density at radius 1 is 0.444 bits per heavy atom. The van der Waals surface area contributed by atoms with Gasteiger partial charge in [-0.3, -0.25) is 0 Å². The van der Waals surface area contributed by atoms with Gasteiger partial charge in [-0.2, -0.15) is 30.7 Å². The number of carbonyl (C=O) groups is 2. The molecule has 0 N–H and O–H groups in total. The molecule has 0 unspecified atom stereocenters. The fraction of sp³-hybridized carbons (Fsp3) is 0.116. The van der Waals surface area contributed by atoms with E-state index in [1.54, 1.807) is 116 Å². The average Bonchev–Trinajstić information content (AvgIpc) is 3.19. The van der Waals surface area contributed by atoms with E-state index in [1.165, 1.54) is 0 Å². The molecule has 54 heavy (non-hydrogen) atoms. The van der Waals surface area contributed by atoms with E-state index in [9.17, 15) is 9.59 Å². The first-order valence-corrected chi connectivity index (χ1v) is 17.0. The highest BCUT2D eigenvalue weighted by Gasteiger charge is 2.13. The lowest BCUT2D eigenvalue weighted by atomic mass is 10.1. The number of benzene rings is 6. The second kappa shape index (κ2) is 16.9. The Bertz CT molecular complexity index is 2390. The first-order valence-electron chi connectivity index (χ1n) is 17.0. The first kappa shape index (κ1) is 36.6. The van der Waals surface area contributed by atoms with Crippen LogP contribution in [0.15, 0.2) is 158 Å². The Hall–Kier alpha value is -7.14. The van der Waals surface area contributed by atoms with Crippen molar-refractivity contribution in [2.24, 2.45) is 30.7 Å². The van der Waals surface area contributed by atoms with Gasteiger partial charge in [0, 0.05) is 5.56 Å². The lowest BCUT2D eigenvalue weighted by Gasteiger charge is -2.09. The van der Waals surface area contributed by atoms with Crippen molar-refractivity contribution < 1.29 is 23.8 Å². The van der Waals surface area contributed by atoms with E-state index in [0.717, 1.165) is 16.7 Å². The van der Waals surface area contributed by atoms with Crippen molar-refractivity contribution in [3.05, 3.63) is 161 Å². The minimum atomic E-state index is -0.481. The monoisotopic (exact) mass is 716 g/mol. The third-order valence-corrected chi connectivity index (χ3v) is 8.35. The second-order valence-corrected chi connectivity index (χ2v) is 12.3. The molecular weight excluding hydrogens is 681 g/mol. The molecule has 0 aliphatic heterocycles. The van der Waals surface area contributed by atoms with Gasteiger partial charge in [0.2, 0.25) is 0 Å². The summed E-state index contributed by atoms with van der Waals surface area (Å²) in [7, 11) is 1.57. The molecule has 268 valence electrons. The van der Waals surface area contributed by atoms with Crippen molar-refractivity contribution in [2.75, 3.05) is 7.11 Å². The van der Waals surface area contributed by atoms with Crippen LogP contribution in [0.25, 0.3) is 0 Å². The van der Waals surface area contributed by atoms with Gasteiger partial charge in [-0.1, -0.05) is 24.3 Å². The molecule has 0 amide bonds. The van der Waals surface area contributed by atoms with E-state index in [-0.39, 0.29) is 0 Å². The summed E-state index contributed by atoms with van der Waals surface area (Å²) in [6.45, 7) is 7.58. The SMILES string of the molecule is COc1ccc(C(=O)Oc2cccc(N=Nc3ccc(N=Nc4cc(C)c(N=Nc5ccc(OC(=O)c6ccccc6)cc5C)cc4C)cc3)c2C)cc1. The number of nitrogens with zero attached hydrogens (tertiary/aromatic N) is 6. The van der Waals surface area contributed by atoms with Gasteiger partial charge in [0.25, 0.3) is 0 Å². The Morgan fingerprint density at radius 2 is 0.963 bits per heavy atom. The third kappa shape index (κ3) is 9.20. The van der Waals surface area contributed by atoms with Crippen molar-refractivity contribution in [1.82, 2.24) is 0 Å².